The number of rotatable bonds is 6. The molecule has 0 heterocycles. The Kier molecular flexibility index (Phi) is 4.93. The molecule has 0 amide bonds. The van der Waals surface area contributed by atoms with Crippen molar-refractivity contribution < 1.29 is 14.6 Å². The van der Waals surface area contributed by atoms with Crippen molar-refractivity contribution in [1.29, 1.82) is 0 Å². The van der Waals surface area contributed by atoms with Gasteiger partial charge in [0.25, 0.3) is 0 Å². The first-order valence-electron chi connectivity index (χ1n) is 6.97. The Morgan fingerprint density at radius 3 is 2.62 bits per heavy atom. The lowest BCUT2D eigenvalue weighted by Crippen LogP contribution is -2.02. The summed E-state index contributed by atoms with van der Waals surface area (Å²) in [4.78, 5) is 0. The largest absolute Gasteiger partial charge is 0.504 e. The van der Waals surface area contributed by atoms with E-state index in [4.69, 9.17) is 9.47 Å². The number of benzene rings is 2. The normalized spacial score (nSPS) is 10.2. The van der Waals surface area contributed by atoms with Gasteiger partial charge in [0.1, 0.15) is 5.75 Å². The van der Waals surface area contributed by atoms with E-state index in [0.717, 1.165) is 22.6 Å². The number of anilines is 1. The molecule has 2 aromatic carbocycles. The SMILES string of the molecule is CCOc1cc(CNc2ccc(OC)cc2C)ccc1O. The molecule has 0 radical (unpaired) electrons. The molecule has 0 saturated heterocycles. The van der Waals surface area contributed by atoms with Gasteiger partial charge in [-0.05, 0) is 55.3 Å². The molecule has 0 saturated carbocycles. The molecule has 21 heavy (non-hydrogen) atoms. The van der Waals surface area contributed by atoms with Crippen molar-refractivity contribution in [3.8, 4) is 17.2 Å². The number of aromatic hydroxyl groups is 1. The number of phenols is 1. The van der Waals surface area contributed by atoms with E-state index in [2.05, 4.69) is 5.32 Å². The van der Waals surface area contributed by atoms with Gasteiger partial charge in [0, 0.05) is 12.2 Å². The smallest absolute Gasteiger partial charge is 0.161 e. The average molecular weight is 287 g/mol. The van der Waals surface area contributed by atoms with Gasteiger partial charge in [-0.25, -0.2) is 0 Å². The molecular weight excluding hydrogens is 266 g/mol. The van der Waals surface area contributed by atoms with Crippen LogP contribution in [-0.4, -0.2) is 18.8 Å². The van der Waals surface area contributed by atoms with Gasteiger partial charge in [-0.15, -0.1) is 0 Å². The van der Waals surface area contributed by atoms with Crippen LogP contribution < -0.4 is 14.8 Å². The van der Waals surface area contributed by atoms with E-state index < -0.39 is 0 Å². The first-order chi connectivity index (χ1) is 10.1. The molecule has 0 fully saturated rings. The fraction of sp³-hybridized carbons (Fsp3) is 0.294. The summed E-state index contributed by atoms with van der Waals surface area (Å²) in [6.07, 6.45) is 0. The van der Waals surface area contributed by atoms with Crippen molar-refractivity contribution in [2.75, 3.05) is 19.0 Å². The molecule has 0 aliphatic rings. The summed E-state index contributed by atoms with van der Waals surface area (Å²) < 4.78 is 10.6. The van der Waals surface area contributed by atoms with Crippen LogP contribution in [0.5, 0.6) is 17.2 Å². The van der Waals surface area contributed by atoms with Gasteiger partial charge in [-0.2, -0.15) is 0 Å². The summed E-state index contributed by atoms with van der Waals surface area (Å²) in [6, 6.07) is 11.3. The third kappa shape index (κ3) is 3.81. The first kappa shape index (κ1) is 15.0. The van der Waals surface area contributed by atoms with E-state index in [9.17, 15) is 5.11 Å². The number of ether oxygens (including phenoxy) is 2. The molecule has 0 aliphatic heterocycles. The van der Waals surface area contributed by atoms with Gasteiger partial charge >= 0.3 is 0 Å². The lowest BCUT2D eigenvalue weighted by molar-refractivity contribution is 0.318. The molecule has 2 rings (SSSR count). The number of nitrogens with one attached hydrogen (secondary N) is 1. The predicted octanol–water partition coefficient (Wildman–Crippen LogP) is 3.72. The molecule has 4 nitrogen and oxygen atoms in total. The van der Waals surface area contributed by atoms with Crippen LogP contribution in [0, 0.1) is 6.92 Å². The maximum absolute atomic E-state index is 9.69. The minimum atomic E-state index is 0.168. The highest BCUT2D eigenvalue weighted by Gasteiger charge is 2.05. The zero-order chi connectivity index (χ0) is 15.2. The van der Waals surface area contributed by atoms with E-state index >= 15 is 0 Å². The Morgan fingerprint density at radius 1 is 1.14 bits per heavy atom. The molecule has 0 aliphatic carbocycles. The Balaban J connectivity index is 2.07. The van der Waals surface area contributed by atoms with E-state index in [0.29, 0.717) is 18.9 Å². The minimum absolute atomic E-state index is 0.168. The van der Waals surface area contributed by atoms with Gasteiger partial charge in [0.15, 0.2) is 11.5 Å². The summed E-state index contributed by atoms with van der Waals surface area (Å²) >= 11 is 0. The van der Waals surface area contributed by atoms with Crippen molar-refractivity contribution in [2.24, 2.45) is 0 Å². The molecule has 0 bridgehead atoms. The van der Waals surface area contributed by atoms with Gasteiger partial charge in [-0.3, -0.25) is 0 Å². The van der Waals surface area contributed by atoms with Crippen LogP contribution in [0.3, 0.4) is 0 Å². The summed E-state index contributed by atoms with van der Waals surface area (Å²) in [7, 11) is 1.66. The molecule has 0 atom stereocenters. The summed E-state index contributed by atoms with van der Waals surface area (Å²) in [6.45, 7) is 5.12. The van der Waals surface area contributed by atoms with Gasteiger partial charge < -0.3 is 19.9 Å². The highest BCUT2D eigenvalue weighted by atomic mass is 16.5. The zero-order valence-electron chi connectivity index (χ0n) is 12.6. The number of hydrogen-bond acceptors (Lipinski definition) is 4. The molecular formula is C17H21NO3. The zero-order valence-corrected chi connectivity index (χ0v) is 12.6. The van der Waals surface area contributed by atoms with E-state index in [1.807, 2.05) is 44.2 Å². The van der Waals surface area contributed by atoms with Gasteiger partial charge in [0.05, 0.1) is 13.7 Å². The Hall–Kier alpha value is -2.36. The first-order valence-corrected chi connectivity index (χ1v) is 6.97. The molecule has 0 aromatic heterocycles. The van der Waals surface area contributed by atoms with Crippen LogP contribution in [0.4, 0.5) is 5.69 Å². The minimum Gasteiger partial charge on any atom is -0.504 e. The lowest BCUT2D eigenvalue weighted by Gasteiger charge is -2.12. The average Bonchev–Trinajstić information content (AvgIpc) is 2.49. The standard InChI is InChI=1S/C17H21NO3/c1-4-21-17-10-13(5-8-16(17)19)11-18-15-7-6-14(20-3)9-12(15)2/h5-10,18-19H,4,11H2,1-3H3. The van der Waals surface area contributed by atoms with Crippen molar-refractivity contribution >= 4 is 5.69 Å². The van der Waals surface area contributed by atoms with Crippen LogP contribution in [0.1, 0.15) is 18.1 Å². The second-order valence-electron chi connectivity index (χ2n) is 4.77. The fourth-order valence-electron chi connectivity index (χ4n) is 2.10. The third-order valence-corrected chi connectivity index (χ3v) is 3.24. The second kappa shape index (κ2) is 6.88. The Bertz CT molecular complexity index is 611. The van der Waals surface area contributed by atoms with Crippen molar-refractivity contribution in [2.45, 2.75) is 20.4 Å². The molecule has 112 valence electrons. The van der Waals surface area contributed by atoms with Crippen molar-refractivity contribution in [3.05, 3.63) is 47.5 Å². The van der Waals surface area contributed by atoms with Crippen molar-refractivity contribution in [1.82, 2.24) is 0 Å². The van der Waals surface area contributed by atoms with Gasteiger partial charge in [-0.1, -0.05) is 6.07 Å². The number of aryl methyl sites for hydroxylation is 1. The number of methoxy groups -OCH3 is 1. The molecule has 2 aromatic rings. The van der Waals surface area contributed by atoms with Crippen LogP contribution in [0.25, 0.3) is 0 Å². The quantitative estimate of drug-likeness (QED) is 0.850. The van der Waals surface area contributed by atoms with Crippen LogP contribution in [0.2, 0.25) is 0 Å². The monoisotopic (exact) mass is 287 g/mol. The number of hydrogen-bond donors (Lipinski definition) is 2. The van der Waals surface area contributed by atoms with E-state index in [1.54, 1.807) is 13.2 Å². The number of phenolic OH excluding ortho intramolecular Hbond substituents is 1. The Labute approximate surface area is 125 Å². The Morgan fingerprint density at radius 2 is 1.95 bits per heavy atom. The van der Waals surface area contributed by atoms with Crippen LogP contribution in [0.15, 0.2) is 36.4 Å². The summed E-state index contributed by atoms with van der Waals surface area (Å²) in [5.41, 5.74) is 3.23. The predicted molar refractivity (Wildman–Crippen MR) is 84.3 cm³/mol. The van der Waals surface area contributed by atoms with Gasteiger partial charge in [0.2, 0.25) is 0 Å². The topological polar surface area (TPSA) is 50.7 Å². The highest BCUT2D eigenvalue weighted by molar-refractivity contribution is 5.54. The maximum Gasteiger partial charge on any atom is 0.161 e. The molecule has 2 N–H and O–H groups in total. The van der Waals surface area contributed by atoms with Crippen LogP contribution >= 0.6 is 0 Å². The van der Waals surface area contributed by atoms with Crippen molar-refractivity contribution in [3.63, 3.8) is 0 Å². The van der Waals surface area contributed by atoms with E-state index in [-0.39, 0.29) is 5.75 Å². The second-order valence-corrected chi connectivity index (χ2v) is 4.77. The summed E-state index contributed by atoms with van der Waals surface area (Å²) in [5, 5.41) is 13.1. The third-order valence-electron chi connectivity index (χ3n) is 3.24. The van der Waals surface area contributed by atoms with E-state index in [1.165, 1.54) is 0 Å². The van der Waals surface area contributed by atoms with Crippen LogP contribution in [-0.2, 0) is 6.54 Å². The highest BCUT2D eigenvalue weighted by Crippen LogP contribution is 2.27. The lowest BCUT2D eigenvalue weighted by atomic mass is 10.1. The maximum atomic E-state index is 9.69. The molecule has 4 heteroatoms. The summed E-state index contributed by atoms with van der Waals surface area (Å²) in [5.74, 6) is 1.53. The fourth-order valence-corrected chi connectivity index (χ4v) is 2.10. The molecule has 0 spiro atoms. The molecule has 0 unspecified atom stereocenters.